The molecule has 4 nitrogen and oxygen atoms in total. The first-order valence-corrected chi connectivity index (χ1v) is 8.68. The molecule has 0 bridgehead atoms. The van der Waals surface area contributed by atoms with Crippen LogP contribution in [0.1, 0.15) is 12.0 Å². The highest BCUT2D eigenvalue weighted by molar-refractivity contribution is 6.30. The van der Waals surface area contributed by atoms with E-state index < -0.39 is 18.0 Å². The summed E-state index contributed by atoms with van der Waals surface area (Å²) in [4.78, 5) is 1.95. The highest BCUT2D eigenvalue weighted by Gasteiger charge is 2.30. The van der Waals surface area contributed by atoms with Crippen molar-refractivity contribution in [1.82, 2.24) is 4.90 Å². The van der Waals surface area contributed by atoms with Crippen molar-refractivity contribution in [3.63, 3.8) is 0 Å². The number of aliphatic hydroxyl groups excluding tert-OH is 1. The number of β-amino-alcohol motifs (C(OH)–C–C–N with tert-alkyl or cyclic N) is 1. The Balaban J connectivity index is 1.63. The number of aliphatic hydroxyl groups is 1. The number of rotatable bonds is 5. The molecule has 0 aliphatic carbocycles. The number of ether oxygens (including phenoxy) is 2. The first-order valence-electron chi connectivity index (χ1n) is 8.31. The maximum Gasteiger partial charge on any atom is 0.163 e. The zero-order valence-electron chi connectivity index (χ0n) is 14.3. The Morgan fingerprint density at radius 3 is 2.73 bits per heavy atom. The molecule has 0 unspecified atom stereocenters. The van der Waals surface area contributed by atoms with Gasteiger partial charge in [-0.2, -0.15) is 0 Å². The summed E-state index contributed by atoms with van der Waals surface area (Å²) in [5.74, 6) is -0.0839. The predicted molar refractivity (Wildman–Crippen MR) is 94.7 cm³/mol. The zero-order chi connectivity index (χ0) is 18.7. The largest absolute Gasteiger partial charge is 0.493 e. The van der Waals surface area contributed by atoms with E-state index in [4.69, 9.17) is 21.1 Å². The van der Waals surface area contributed by atoms with E-state index in [-0.39, 0.29) is 11.6 Å². The summed E-state index contributed by atoms with van der Waals surface area (Å²) in [6.07, 6.45) is -0.667. The van der Waals surface area contributed by atoms with E-state index in [9.17, 15) is 13.9 Å². The molecule has 3 rings (SSSR count). The Morgan fingerprint density at radius 1 is 1.19 bits per heavy atom. The molecule has 140 valence electrons. The van der Waals surface area contributed by atoms with Gasteiger partial charge in [-0.1, -0.05) is 11.6 Å². The summed E-state index contributed by atoms with van der Waals surface area (Å²) in [6.45, 7) is 1.31. The third kappa shape index (κ3) is 4.44. The van der Waals surface area contributed by atoms with Crippen LogP contribution in [0.2, 0.25) is 5.02 Å². The minimum absolute atomic E-state index is 0.278. The van der Waals surface area contributed by atoms with Crippen LogP contribution in [0.5, 0.6) is 11.5 Å². The van der Waals surface area contributed by atoms with E-state index in [1.165, 1.54) is 37.4 Å². The van der Waals surface area contributed by atoms with E-state index >= 15 is 0 Å². The lowest BCUT2D eigenvalue weighted by Gasteiger charge is -2.36. The predicted octanol–water partition coefficient (Wildman–Crippen LogP) is 3.64. The lowest BCUT2D eigenvalue weighted by Crippen LogP contribution is -2.48. The number of halogens is 3. The molecule has 2 aromatic rings. The van der Waals surface area contributed by atoms with Gasteiger partial charge < -0.3 is 14.6 Å². The molecule has 0 aromatic heterocycles. The van der Waals surface area contributed by atoms with Crippen LogP contribution in [-0.2, 0) is 6.54 Å². The summed E-state index contributed by atoms with van der Waals surface area (Å²) >= 11 is 5.92. The highest BCUT2D eigenvalue weighted by Crippen LogP contribution is 2.30. The molecule has 7 heteroatoms. The summed E-state index contributed by atoms with van der Waals surface area (Å²) in [6, 6.07) is 8.43. The van der Waals surface area contributed by atoms with Gasteiger partial charge in [-0.15, -0.1) is 0 Å². The second-order valence-electron chi connectivity index (χ2n) is 6.28. The molecular weight excluding hydrogens is 364 g/mol. The van der Waals surface area contributed by atoms with Crippen molar-refractivity contribution in [2.24, 2.45) is 0 Å². The monoisotopic (exact) mass is 383 g/mol. The Bertz CT molecular complexity index is 774. The van der Waals surface area contributed by atoms with E-state index in [0.717, 1.165) is 0 Å². The topological polar surface area (TPSA) is 41.9 Å². The van der Waals surface area contributed by atoms with Crippen molar-refractivity contribution in [1.29, 1.82) is 0 Å². The third-order valence-electron chi connectivity index (χ3n) is 4.41. The van der Waals surface area contributed by atoms with Crippen molar-refractivity contribution in [2.75, 3.05) is 20.2 Å². The first-order chi connectivity index (χ1) is 12.5. The molecule has 2 atom stereocenters. The van der Waals surface area contributed by atoms with Crippen LogP contribution in [0.4, 0.5) is 8.78 Å². The molecule has 0 amide bonds. The molecule has 0 radical (unpaired) electrons. The second kappa shape index (κ2) is 8.20. The molecular formula is C19H20ClF2NO3. The van der Waals surface area contributed by atoms with Crippen LogP contribution in [0.15, 0.2) is 36.4 Å². The van der Waals surface area contributed by atoms with Gasteiger partial charge in [0.2, 0.25) is 0 Å². The van der Waals surface area contributed by atoms with E-state index in [1.807, 2.05) is 4.90 Å². The fourth-order valence-electron chi connectivity index (χ4n) is 3.06. The maximum absolute atomic E-state index is 13.9. The van der Waals surface area contributed by atoms with Gasteiger partial charge in [0.05, 0.1) is 7.11 Å². The molecule has 0 saturated carbocycles. The van der Waals surface area contributed by atoms with E-state index in [0.29, 0.717) is 42.4 Å². The van der Waals surface area contributed by atoms with Crippen LogP contribution in [0, 0.1) is 11.6 Å². The van der Waals surface area contributed by atoms with Crippen molar-refractivity contribution >= 4 is 11.6 Å². The first kappa shape index (κ1) is 18.9. The molecule has 1 heterocycles. The minimum Gasteiger partial charge on any atom is -0.493 e. The number of piperidine rings is 1. The average Bonchev–Trinajstić information content (AvgIpc) is 2.61. The van der Waals surface area contributed by atoms with Gasteiger partial charge in [0.1, 0.15) is 23.8 Å². The van der Waals surface area contributed by atoms with Crippen molar-refractivity contribution < 1.29 is 23.4 Å². The molecule has 1 fully saturated rings. The van der Waals surface area contributed by atoms with E-state index in [2.05, 4.69) is 0 Å². The van der Waals surface area contributed by atoms with Gasteiger partial charge >= 0.3 is 0 Å². The molecule has 1 N–H and O–H groups in total. The fraction of sp³-hybridized carbons (Fsp3) is 0.368. The summed E-state index contributed by atoms with van der Waals surface area (Å²) < 4.78 is 38.1. The zero-order valence-corrected chi connectivity index (χ0v) is 15.0. The molecule has 1 saturated heterocycles. The lowest BCUT2D eigenvalue weighted by atomic mass is 10.0. The molecule has 0 spiro atoms. The van der Waals surface area contributed by atoms with Gasteiger partial charge in [-0.3, -0.25) is 4.90 Å². The second-order valence-corrected chi connectivity index (χ2v) is 6.71. The van der Waals surface area contributed by atoms with Crippen molar-refractivity contribution in [3.8, 4) is 11.5 Å². The Hall–Kier alpha value is -1.89. The lowest BCUT2D eigenvalue weighted by molar-refractivity contribution is -0.0285. The number of likely N-dealkylation sites (tertiary alicyclic amines) is 1. The van der Waals surface area contributed by atoms with Gasteiger partial charge in [-0.25, -0.2) is 8.78 Å². The summed E-state index contributed by atoms with van der Waals surface area (Å²) in [7, 11) is 1.43. The van der Waals surface area contributed by atoms with Gasteiger partial charge in [0.25, 0.3) is 0 Å². The maximum atomic E-state index is 13.9. The summed E-state index contributed by atoms with van der Waals surface area (Å²) in [5.41, 5.74) is 0.490. The van der Waals surface area contributed by atoms with Crippen LogP contribution < -0.4 is 9.47 Å². The molecule has 26 heavy (non-hydrogen) atoms. The van der Waals surface area contributed by atoms with Crippen LogP contribution >= 0.6 is 11.6 Å². The number of hydrogen-bond acceptors (Lipinski definition) is 4. The van der Waals surface area contributed by atoms with Gasteiger partial charge in [-0.05, 0) is 36.8 Å². The minimum atomic E-state index is -0.763. The molecule has 2 aromatic carbocycles. The molecule has 1 aliphatic rings. The Morgan fingerprint density at radius 2 is 2.00 bits per heavy atom. The van der Waals surface area contributed by atoms with Crippen LogP contribution in [0.3, 0.4) is 0 Å². The smallest absolute Gasteiger partial charge is 0.163 e. The van der Waals surface area contributed by atoms with E-state index in [1.54, 1.807) is 6.07 Å². The molecule has 1 aliphatic heterocycles. The Labute approximate surface area is 155 Å². The van der Waals surface area contributed by atoms with Crippen molar-refractivity contribution in [3.05, 3.63) is 58.6 Å². The average molecular weight is 384 g/mol. The van der Waals surface area contributed by atoms with Gasteiger partial charge in [0.15, 0.2) is 11.5 Å². The fourth-order valence-corrected chi connectivity index (χ4v) is 3.26. The third-order valence-corrected chi connectivity index (χ3v) is 4.65. The standard InChI is InChI=1S/C19H20ClF2NO3/c1-25-19-9-14(21)3-5-18(19)26-17-6-7-23(11-16(17)24)10-12-8-13(20)2-4-15(12)22/h2-5,8-9,16-17,24H,6-7,10-11H2,1H3/t16-,17-/m1/s1. The number of benzene rings is 2. The number of methoxy groups -OCH3 is 1. The normalized spacial score (nSPS) is 20.8. The SMILES string of the molecule is COc1cc(F)ccc1O[C@@H]1CCN(Cc2cc(Cl)ccc2F)C[C@H]1O. The quantitative estimate of drug-likeness (QED) is 0.856. The Kier molecular flexibility index (Phi) is 5.96. The van der Waals surface area contributed by atoms with Crippen LogP contribution in [0.25, 0.3) is 0 Å². The number of nitrogens with zero attached hydrogens (tertiary/aromatic N) is 1. The number of hydrogen-bond donors (Lipinski definition) is 1. The van der Waals surface area contributed by atoms with Crippen molar-refractivity contribution in [2.45, 2.75) is 25.2 Å². The van der Waals surface area contributed by atoms with Crippen LogP contribution in [-0.4, -0.2) is 42.4 Å². The highest BCUT2D eigenvalue weighted by atomic mass is 35.5. The van der Waals surface area contributed by atoms with Gasteiger partial charge in [0, 0.05) is 36.3 Å². The summed E-state index contributed by atoms with van der Waals surface area (Å²) in [5, 5.41) is 10.9.